The van der Waals surface area contributed by atoms with Crippen molar-refractivity contribution in [1.29, 1.82) is 0 Å². The Hall–Kier alpha value is -2.50. The molecule has 0 aliphatic heterocycles. The van der Waals surface area contributed by atoms with Crippen LogP contribution in [0, 0.1) is 0 Å². The zero-order chi connectivity index (χ0) is 15.9. The van der Waals surface area contributed by atoms with Gasteiger partial charge in [0.2, 0.25) is 0 Å². The summed E-state index contributed by atoms with van der Waals surface area (Å²) in [6, 6.07) is 7.18. The number of hydrogen-bond acceptors (Lipinski definition) is 5. The molecule has 0 aliphatic rings. The van der Waals surface area contributed by atoms with Crippen LogP contribution in [0.25, 0.3) is 0 Å². The Morgan fingerprint density at radius 1 is 1.23 bits per heavy atom. The van der Waals surface area contributed by atoms with Crippen molar-refractivity contribution in [2.75, 3.05) is 19.5 Å². The van der Waals surface area contributed by atoms with Crippen LogP contribution >= 0.6 is 0 Å². The number of ether oxygens (including phenoxy) is 2. The average Bonchev–Trinajstić information content (AvgIpc) is 2.55. The van der Waals surface area contributed by atoms with Gasteiger partial charge >= 0.3 is 0 Å². The molecule has 0 spiro atoms. The minimum absolute atomic E-state index is 0.103. The third-order valence-corrected chi connectivity index (χ3v) is 3.28. The molecule has 1 aromatic heterocycles. The smallest absolute Gasteiger partial charge is 0.268 e. The summed E-state index contributed by atoms with van der Waals surface area (Å²) in [4.78, 5) is 11.9. The number of benzene rings is 1. The second kappa shape index (κ2) is 7.49. The summed E-state index contributed by atoms with van der Waals surface area (Å²) in [5, 5.41) is 7.33. The van der Waals surface area contributed by atoms with Crippen LogP contribution in [-0.2, 0) is 13.1 Å². The summed E-state index contributed by atoms with van der Waals surface area (Å²) in [6.45, 7) is 3.17. The van der Waals surface area contributed by atoms with Crippen LogP contribution in [0.15, 0.2) is 35.3 Å². The van der Waals surface area contributed by atoms with Crippen molar-refractivity contribution in [2.45, 2.75) is 26.4 Å². The molecule has 22 heavy (non-hydrogen) atoms. The second-order valence-electron chi connectivity index (χ2n) is 4.84. The molecule has 0 saturated heterocycles. The van der Waals surface area contributed by atoms with E-state index in [-0.39, 0.29) is 5.56 Å². The summed E-state index contributed by atoms with van der Waals surface area (Å²) < 4.78 is 12.0. The van der Waals surface area contributed by atoms with E-state index in [1.54, 1.807) is 26.5 Å². The van der Waals surface area contributed by atoms with E-state index in [9.17, 15) is 4.79 Å². The summed E-state index contributed by atoms with van der Waals surface area (Å²) in [6.07, 6.45) is 2.54. The van der Waals surface area contributed by atoms with Crippen LogP contribution in [0.5, 0.6) is 11.5 Å². The molecule has 0 amide bonds. The van der Waals surface area contributed by atoms with Crippen molar-refractivity contribution in [3.05, 3.63) is 46.4 Å². The van der Waals surface area contributed by atoms with Crippen LogP contribution in [0.3, 0.4) is 0 Å². The maximum atomic E-state index is 11.9. The molecular weight excluding hydrogens is 282 g/mol. The Bertz CT molecular complexity index is 683. The van der Waals surface area contributed by atoms with Crippen molar-refractivity contribution in [2.24, 2.45) is 0 Å². The maximum Gasteiger partial charge on any atom is 0.268 e. The SMILES string of the molecule is CCCn1ncc(NCc2ccc(OC)cc2OC)cc1=O. The summed E-state index contributed by atoms with van der Waals surface area (Å²) in [7, 11) is 3.23. The highest BCUT2D eigenvalue weighted by molar-refractivity contribution is 5.45. The quantitative estimate of drug-likeness (QED) is 0.850. The Kier molecular flexibility index (Phi) is 5.41. The first-order valence-electron chi connectivity index (χ1n) is 7.20. The van der Waals surface area contributed by atoms with Crippen molar-refractivity contribution < 1.29 is 9.47 Å². The lowest BCUT2D eigenvalue weighted by molar-refractivity contribution is 0.391. The van der Waals surface area contributed by atoms with Gasteiger partial charge in [-0.3, -0.25) is 4.79 Å². The fraction of sp³-hybridized carbons (Fsp3) is 0.375. The number of anilines is 1. The topological polar surface area (TPSA) is 65.4 Å². The highest BCUT2D eigenvalue weighted by atomic mass is 16.5. The molecule has 0 unspecified atom stereocenters. The lowest BCUT2D eigenvalue weighted by Gasteiger charge is -2.12. The van der Waals surface area contributed by atoms with Crippen molar-refractivity contribution >= 4 is 5.69 Å². The number of nitrogens with one attached hydrogen (secondary N) is 1. The lowest BCUT2D eigenvalue weighted by atomic mass is 10.2. The minimum Gasteiger partial charge on any atom is -0.497 e. The average molecular weight is 303 g/mol. The van der Waals surface area contributed by atoms with Gasteiger partial charge in [0.15, 0.2) is 0 Å². The zero-order valence-electron chi connectivity index (χ0n) is 13.1. The van der Waals surface area contributed by atoms with E-state index in [0.717, 1.165) is 23.5 Å². The van der Waals surface area contributed by atoms with Gasteiger partial charge < -0.3 is 14.8 Å². The van der Waals surface area contributed by atoms with E-state index in [0.29, 0.717) is 18.8 Å². The molecule has 2 aromatic rings. The largest absolute Gasteiger partial charge is 0.497 e. The van der Waals surface area contributed by atoms with Crippen LogP contribution in [-0.4, -0.2) is 24.0 Å². The number of methoxy groups -OCH3 is 2. The Balaban J connectivity index is 2.10. The fourth-order valence-corrected chi connectivity index (χ4v) is 2.11. The van der Waals surface area contributed by atoms with Crippen molar-refractivity contribution in [1.82, 2.24) is 9.78 Å². The number of hydrogen-bond donors (Lipinski definition) is 1. The Labute approximate surface area is 129 Å². The zero-order valence-corrected chi connectivity index (χ0v) is 13.1. The molecule has 6 heteroatoms. The lowest BCUT2D eigenvalue weighted by Crippen LogP contribution is -2.22. The van der Waals surface area contributed by atoms with E-state index < -0.39 is 0 Å². The van der Waals surface area contributed by atoms with E-state index >= 15 is 0 Å². The first kappa shape index (κ1) is 15.9. The van der Waals surface area contributed by atoms with Crippen LogP contribution in [0.4, 0.5) is 5.69 Å². The monoisotopic (exact) mass is 303 g/mol. The third kappa shape index (κ3) is 3.78. The standard InChI is InChI=1S/C16H21N3O3/c1-4-7-19-16(20)8-13(11-18-19)17-10-12-5-6-14(21-2)9-15(12)22-3/h5-6,8-9,11,17H,4,7,10H2,1-3H3. The van der Waals surface area contributed by atoms with Gasteiger partial charge in [-0.05, 0) is 18.6 Å². The highest BCUT2D eigenvalue weighted by Crippen LogP contribution is 2.25. The van der Waals surface area contributed by atoms with Crippen LogP contribution in [0.2, 0.25) is 0 Å². The van der Waals surface area contributed by atoms with Gasteiger partial charge in [-0.2, -0.15) is 5.10 Å². The fourth-order valence-electron chi connectivity index (χ4n) is 2.11. The molecule has 118 valence electrons. The normalized spacial score (nSPS) is 10.3. The molecule has 1 N–H and O–H groups in total. The number of aromatic nitrogens is 2. The molecule has 0 radical (unpaired) electrons. The summed E-state index contributed by atoms with van der Waals surface area (Å²) in [5.41, 5.74) is 1.56. The van der Waals surface area contributed by atoms with Crippen molar-refractivity contribution in [3.8, 4) is 11.5 Å². The van der Waals surface area contributed by atoms with Crippen LogP contribution in [0.1, 0.15) is 18.9 Å². The second-order valence-corrected chi connectivity index (χ2v) is 4.84. The third-order valence-electron chi connectivity index (χ3n) is 3.28. The predicted molar refractivity (Wildman–Crippen MR) is 85.7 cm³/mol. The first-order valence-corrected chi connectivity index (χ1v) is 7.20. The molecular formula is C16H21N3O3. The first-order chi connectivity index (χ1) is 10.7. The number of aryl methyl sites for hydroxylation is 1. The van der Waals surface area contributed by atoms with E-state index in [1.165, 1.54) is 4.68 Å². The Morgan fingerprint density at radius 2 is 2.05 bits per heavy atom. The molecule has 0 saturated carbocycles. The molecule has 0 atom stereocenters. The molecule has 1 aromatic carbocycles. The summed E-state index contributed by atoms with van der Waals surface area (Å²) >= 11 is 0. The van der Waals surface area contributed by atoms with Gasteiger partial charge in [0.25, 0.3) is 5.56 Å². The molecule has 1 heterocycles. The molecule has 2 rings (SSSR count). The van der Waals surface area contributed by atoms with E-state index in [2.05, 4.69) is 10.4 Å². The van der Waals surface area contributed by atoms with E-state index in [1.807, 2.05) is 25.1 Å². The summed E-state index contributed by atoms with van der Waals surface area (Å²) in [5.74, 6) is 1.48. The Morgan fingerprint density at radius 3 is 2.68 bits per heavy atom. The van der Waals surface area contributed by atoms with Gasteiger partial charge in [-0.1, -0.05) is 6.92 Å². The van der Waals surface area contributed by atoms with Gasteiger partial charge in [0.05, 0.1) is 26.1 Å². The van der Waals surface area contributed by atoms with Gasteiger partial charge in [-0.25, -0.2) is 4.68 Å². The number of rotatable bonds is 7. The van der Waals surface area contributed by atoms with Gasteiger partial charge in [0, 0.05) is 30.8 Å². The maximum absolute atomic E-state index is 11.9. The van der Waals surface area contributed by atoms with E-state index in [4.69, 9.17) is 9.47 Å². The predicted octanol–water partition coefficient (Wildman–Crippen LogP) is 2.28. The van der Waals surface area contributed by atoms with Crippen molar-refractivity contribution in [3.63, 3.8) is 0 Å². The van der Waals surface area contributed by atoms with Gasteiger partial charge in [-0.15, -0.1) is 0 Å². The molecule has 0 bridgehead atoms. The van der Waals surface area contributed by atoms with Gasteiger partial charge in [0.1, 0.15) is 11.5 Å². The molecule has 0 fully saturated rings. The molecule has 6 nitrogen and oxygen atoms in total. The highest BCUT2D eigenvalue weighted by Gasteiger charge is 2.06. The number of nitrogens with zero attached hydrogens (tertiary/aromatic N) is 2. The molecule has 0 aliphatic carbocycles. The van der Waals surface area contributed by atoms with Crippen LogP contribution < -0.4 is 20.3 Å². The minimum atomic E-state index is -0.103.